The number of hydrogen-bond acceptors (Lipinski definition) is 3. The van der Waals surface area contributed by atoms with E-state index >= 15 is 0 Å². The average molecular weight is 312 g/mol. The van der Waals surface area contributed by atoms with Crippen molar-refractivity contribution in [1.82, 2.24) is 5.32 Å². The van der Waals surface area contributed by atoms with Gasteiger partial charge >= 0.3 is 0 Å². The van der Waals surface area contributed by atoms with E-state index in [1.54, 1.807) is 29.5 Å². The highest BCUT2D eigenvalue weighted by molar-refractivity contribution is 14.1. The van der Waals surface area contributed by atoms with Crippen LogP contribution in [0, 0.1) is 5.41 Å². The van der Waals surface area contributed by atoms with E-state index in [4.69, 9.17) is 16.9 Å². The Morgan fingerprint density at radius 1 is 1.57 bits per heavy atom. The number of halogens is 1. The number of carbonyl (C=O) groups is 1. The van der Waals surface area contributed by atoms with Crippen molar-refractivity contribution in [2.24, 2.45) is 11.5 Å². The third kappa shape index (κ3) is 6.14. The summed E-state index contributed by atoms with van der Waals surface area (Å²) in [6.07, 6.45) is 2.37. The molecule has 0 aromatic carbocycles. The molecule has 0 fully saturated rings. The number of nitrogens with one attached hydrogen (secondary N) is 2. The molecule has 0 aliphatic heterocycles. The third-order valence-corrected chi connectivity index (χ3v) is 3.12. The minimum Gasteiger partial charge on any atom is -0.370 e. The normalized spacial score (nSPS) is 14.5. The highest BCUT2D eigenvalue weighted by atomic mass is 127. The van der Waals surface area contributed by atoms with Crippen molar-refractivity contribution in [2.45, 2.75) is 31.7 Å². The molecule has 0 heterocycles. The quantitative estimate of drug-likeness (QED) is 0.186. The van der Waals surface area contributed by atoms with Crippen LogP contribution in [0.5, 0.6) is 0 Å². The molecule has 0 rings (SSSR count). The SMILES string of the molecule is C[C@@](N)(CCCCNC(=N)N)C(=O)I. The van der Waals surface area contributed by atoms with Gasteiger partial charge in [-0.15, -0.1) is 0 Å². The largest absolute Gasteiger partial charge is 0.370 e. The second-order valence-corrected chi connectivity index (χ2v) is 4.47. The summed E-state index contributed by atoms with van der Waals surface area (Å²) in [5.74, 6) is -0.0227. The smallest absolute Gasteiger partial charge is 0.211 e. The molecule has 0 unspecified atom stereocenters. The molecule has 0 aliphatic rings. The lowest BCUT2D eigenvalue weighted by Gasteiger charge is -2.19. The van der Waals surface area contributed by atoms with Gasteiger partial charge in [0.25, 0.3) is 0 Å². The molecule has 0 amide bonds. The lowest BCUT2D eigenvalue weighted by atomic mass is 9.98. The summed E-state index contributed by atoms with van der Waals surface area (Å²) < 4.78 is -0.0189. The molecule has 0 aliphatic carbocycles. The number of unbranched alkanes of at least 4 members (excludes halogenated alkanes) is 1. The van der Waals surface area contributed by atoms with E-state index in [1.807, 2.05) is 0 Å². The van der Waals surface area contributed by atoms with Crippen molar-refractivity contribution in [2.75, 3.05) is 6.54 Å². The van der Waals surface area contributed by atoms with Crippen molar-refractivity contribution >= 4 is 32.3 Å². The maximum atomic E-state index is 11.0. The van der Waals surface area contributed by atoms with Crippen LogP contribution >= 0.6 is 22.6 Å². The van der Waals surface area contributed by atoms with Crippen LogP contribution in [-0.4, -0.2) is 21.8 Å². The molecule has 5 nitrogen and oxygen atoms in total. The van der Waals surface area contributed by atoms with Gasteiger partial charge in [-0.2, -0.15) is 0 Å². The summed E-state index contributed by atoms with van der Waals surface area (Å²) >= 11 is 1.72. The fourth-order valence-electron chi connectivity index (χ4n) is 0.939. The van der Waals surface area contributed by atoms with Gasteiger partial charge in [0, 0.05) is 29.1 Å². The zero-order valence-corrected chi connectivity index (χ0v) is 10.4. The van der Waals surface area contributed by atoms with Gasteiger partial charge in [-0.1, -0.05) is 0 Å². The molecule has 0 aromatic rings. The number of hydrogen-bond donors (Lipinski definition) is 4. The lowest BCUT2D eigenvalue weighted by molar-refractivity contribution is -0.113. The highest BCUT2D eigenvalue weighted by Gasteiger charge is 2.24. The van der Waals surface area contributed by atoms with Crippen molar-refractivity contribution in [3.63, 3.8) is 0 Å². The Hall–Kier alpha value is -0.370. The molecule has 0 radical (unpaired) electrons. The van der Waals surface area contributed by atoms with Crippen molar-refractivity contribution in [1.29, 1.82) is 5.41 Å². The van der Waals surface area contributed by atoms with Crippen LogP contribution in [0.25, 0.3) is 0 Å². The summed E-state index contributed by atoms with van der Waals surface area (Å²) in [4.78, 5) is 11.0. The first-order valence-electron chi connectivity index (χ1n) is 4.43. The van der Waals surface area contributed by atoms with E-state index < -0.39 is 5.54 Å². The van der Waals surface area contributed by atoms with Gasteiger partial charge in [0.05, 0.1) is 5.54 Å². The Morgan fingerprint density at radius 3 is 2.57 bits per heavy atom. The molecule has 82 valence electrons. The molecule has 0 bridgehead atoms. The van der Waals surface area contributed by atoms with Crippen LogP contribution in [0.1, 0.15) is 26.2 Å². The minimum absolute atomic E-state index is 0.0189. The number of nitrogens with two attached hydrogens (primary N) is 2. The second-order valence-electron chi connectivity index (χ2n) is 3.49. The highest BCUT2D eigenvalue weighted by Crippen LogP contribution is 2.14. The Bertz CT molecular complexity index is 217. The fraction of sp³-hybridized carbons (Fsp3) is 0.750. The maximum absolute atomic E-state index is 11.0. The molecular weight excluding hydrogens is 295 g/mol. The van der Waals surface area contributed by atoms with E-state index in [1.165, 1.54) is 0 Å². The molecular formula is C8H17IN4O. The first-order chi connectivity index (χ1) is 6.36. The molecule has 6 heteroatoms. The van der Waals surface area contributed by atoms with Gasteiger partial charge < -0.3 is 16.8 Å². The molecule has 0 saturated carbocycles. The summed E-state index contributed by atoms with van der Waals surface area (Å²) in [7, 11) is 0. The minimum atomic E-state index is -0.725. The molecule has 14 heavy (non-hydrogen) atoms. The van der Waals surface area contributed by atoms with E-state index in [2.05, 4.69) is 5.32 Å². The maximum Gasteiger partial charge on any atom is 0.211 e. The monoisotopic (exact) mass is 312 g/mol. The van der Waals surface area contributed by atoms with E-state index in [0.29, 0.717) is 13.0 Å². The first-order valence-corrected chi connectivity index (χ1v) is 5.51. The van der Waals surface area contributed by atoms with Crippen LogP contribution in [0.3, 0.4) is 0 Å². The topological polar surface area (TPSA) is 105 Å². The molecule has 1 atom stereocenters. The Labute approximate surface area is 97.6 Å². The van der Waals surface area contributed by atoms with Crippen molar-refractivity contribution < 1.29 is 4.79 Å². The van der Waals surface area contributed by atoms with Crippen molar-refractivity contribution in [3.8, 4) is 0 Å². The lowest BCUT2D eigenvalue weighted by Crippen LogP contribution is -2.42. The Morgan fingerprint density at radius 2 is 2.14 bits per heavy atom. The van der Waals surface area contributed by atoms with Crippen LogP contribution < -0.4 is 16.8 Å². The first kappa shape index (κ1) is 13.6. The van der Waals surface area contributed by atoms with Crippen LogP contribution in [0.15, 0.2) is 0 Å². The van der Waals surface area contributed by atoms with E-state index in [9.17, 15) is 4.79 Å². The molecule has 0 spiro atoms. The van der Waals surface area contributed by atoms with Gasteiger partial charge in [0.1, 0.15) is 0 Å². The standard InChI is InChI=1S/C8H17IN4O/c1-8(12,6(9)14)4-2-3-5-13-7(10)11/h2-5,12H2,1H3,(H4,10,11,13)/t8-/m1/s1. The zero-order chi connectivity index (χ0) is 11.2. The third-order valence-electron chi connectivity index (χ3n) is 1.89. The average Bonchev–Trinajstić information content (AvgIpc) is 2.02. The number of rotatable bonds is 6. The van der Waals surface area contributed by atoms with Crippen LogP contribution in [0.2, 0.25) is 0 Å². The molecule has 0 aromatic heterocycles. The number of carbonyl (C=O) groups excluding carboxylic acids is 1. The van der Waals surface area contributed by atoms with E-state index in [-0.39, 0.29) is 9.75 Å². The summed E-state index contributed by atoms with van der Waals surface area (Å²) in [6.45, 7) is 2.39. The number of guanidine groups is 1. The molecule has 0 saturated heterocycles. The van der Waals surface area contributed by atoms with Crippen LogP contribution in [-0.2, 0) is 4.79 Å². The van der Waals surface area contributed by atoms with Crippen LogP contribution in [0.4, 0.5) is 0 Å². The molecule has 6 N–H and O–H groups in total. The zero-order valence-electron chi connectivity index (χ0n) is 8.27. The Balaban J connectivity index is 3.54. The van der Waals surface area contributed by atoms with Gasteiger partial charge in [-0.25, -0.2) is 0 Å². The summed E-state index contributed by atoms with van der Waals surface area (Å²) in [5.41, 5.74) is 10.1. The predicted molar refractivity (Wildman–Crippen MR) is 65.4 cm³/mol. The predicted octanol–water partition coefficient (Wildman–Crippen LogP) is 0.319. The Kier molecular flexibility index (Phi) is 6.01. The van der Waals surface area contributed by atoms with Gasteiger partial charge in [0.2, 0.25) is 3.79 Å². The second kappa shape index (κ2) is 6.18. The van der Waals surface area contributed by atoms with Gasteiger partial charge in [-0.3, -0.25) is 10.2 Å². The fourth-order valence-corrected chi connectivity index (χ4v) is 1.21. The van der Waals surface area contributed by atoms with Gasteiger partial charge in [0.15, 0.2) is 5.96 Å². The van der Waals surface area contributed by atoms with Crippen molar-refractivity contribution in [3.05, 3.63) is 0 Å². The van der Waals surface area contributed by atoms with Gasteiger partial charge in [-0.05, 0) is 26.2 Å². The van der Waals surface area contributed by atoms with E-state index in [0.717, 1.165) is 12.8 Å². The summed E-state index contributed by atoms with van der Waals surface area (Å²) in [6, 6.07) is 0. The summed E-state index contributed by atoms with van der Waals surface area (Å²) in [5, 5.41) is 9.60.